The highest BCUT2D eigenvalue weighted by Gasteiger charge is 2.34. The van der Waals surface area contributed by atoms with E-state index in [9.17, 15) is 13.2 Å². The number of carbonyl (C=O) groups excluding carboxylic acids is 1. The topological polar surface area (TPSA) is 75.7 Å². The van der Waals surface area contributed by atoms with Crippen LogP contribution in [0.25, 0.3) is 0 Å². The summed E-state index contributed by atoms with van der Waals surface area (Å²) in [6.45, 7) is 2.75. The molecule has 1 atom stereocenters. The quantitative estimate of drug-likeness (QED) is 0.752. The number of benzene rings is 2. The molecular weight excluding hydrogens is 388 g/mol. The van der Waals surface area contributed by atoms with Crippen LogP contribution in [0.2, 0.25) is 0 Å². The minimum absolute atomic E-state index is 0.149. The minimum Gasteiger partial charge on any atom is -0.497 e. The van der Waals surface area contributed by atoms with Crippen LogP contribution >= 0.6 is 0 Å². The van der Waals surface area contributed by atoms with E-state index in [1.807, 2.05) is 31.2 Å². The lowest BCUT2D eigenvalue weighted by molar-refractivity contribution is -0.122. The largest absolute Gasteiger partial charge is 0.497 e. The Morgan fingerprint density at radius 1 is 1.17 bits per heavy atom. The molecule has 1 heterocycles. The van der Waals surface area contributed by atoms with Crippen LogP contribution in [0.3, 0.4) is 0 Å². The lowest BCUT2D eigenvalue weighted by atomic mass is 10.0. The molecule has 1 saturated heterocycles. The van der Waals surface area contributed by atoms with E-state index in [4.69, 9.17) is 4.74 Å². The molecule has 6 nitrogen and oxygen atoms in total. The van der Waals surface area contributed by atoms with E-state index in [-0.39, 0.29) is 23.3 Å². The van der Waals surface area contributed by atoms with Gasteiger partial charge in [-0.1, -0.05) is 36.2 Å². The van der Waals surface area contributed by atoms with Crippen LogP contribution < -0.4 is 10.1 Å². The number of ether oxygens (including phenoxy) is 1. The predicted octanol–water partition coefficient (Wildman–Crippen LogP) is 3.25. The average Bonchev–Trinajstić information content (AvgIpc) is 2.73. The number of sulfonamides is 1. The fourth-order valence-corrected chi connectivity index (χ4v) is 5.30. The number of carbonyl (C=O) groups is 1. The molecule has 0 aliphatic carbocycles. The number of methoxy groups -OCH3 is 1. The zero-order valence-electron chi connectivity index (χ0n) is 16.9. The standard InChI is InChI=1S/C22H28N2O4S/c1-17-9-11-21(12-10-17)29(26,27)24-13-4-3-7-19(24)15-22(25)23-16-18-6-5-8-20(14-18)28-2/h5-6,8-12,14,19H,3-4,7,13,15-16H2,1-2H3,(H,23,25). The maximum absolute atomic E-state index is 13.1. The van der Waals surface area contributed by atoms with Crippen molar-refractivity contribution in [3.63, 3.8) is 0 Å². The molecule has 2 aromatic carbocycles. The maximum Gasteiger partial charge on any atom is 0.243 e. The van der Waals surface area contributed by atoms with Crippen molar-refractivity contribution in [2.24, 2.45) is 0 Å². The summed E-state index contributed by atoms with van der Waals surface area (Å²) in [4.78, 5) is 12.8. The number of piperidine rings is 1. The van der Waals surface area contributed by atoms with Crippen LogP contribution in [0.5, 0.6) is 5.75 Å². The summed E-state index contributed by atoms with van der Waals surface area (Å²) in [5.74, 6) is 0.586. The lowest BCUT2D eigenvalue weighted by Gasteiger charge is -2.34. The van der Waals surface area contributed by atoms with Gasteiger partial charge in [0.2, 0.25) is 15.9 Å². The lowest BCUT2D eigenvalue weighted by Crippen LogP contribution is -2.45. The van der Waals surface area contributed by atoms with Gasteiger partial charge in [-0.2, -0.15) is 4.31 Å². The molecule has 1 aliphatic heterocycles. The summed E-state index contributed by atoms with van der Waals surface area (Å²) >= 11 is 0. The third-order valence-corrected chi connectivity index (χ3v) is 7.21. The van der Waals surface area contributed by atoms with E-state index in [0.717, 1.165) is 29.7 Å². The van der Waals surface area contributed by atoms with Gasteiger partial charge in [0.05, 0.1) is 12.0 Å². The van der Waals surface area contributed by atoms with Crippen molar-refractivity contribution < 1.29 is 17.9 Å². The molecule has 1 amide bonds. The van der Waals surface area contributed by atoms with E-state index >= 15 is 0 Å². The fourth-order valence-electron chi connectivity index (χ4n) is 3.61. The molecule has 2 aromatic rings. The zero-order chi connectivity index (χ0) is 20.9. The molecule has 0 aromatic heterocycles. The summed E-state index contributed by atoms with van der Waals surface area (Å²) in [7, 11) is -2.01. The molecule has 1 aliphatic rings. The third kappa shape index (κ3) is 5.36. The second-order valence-electron chi connectivity index (χ2n) is 7.41. The van der Waals surface area contributed by atoms with Gasteiger partial charge in [-0.15, -0.1) is 0 Å². The van der Waals surface area contributed by atoms with Gasteiger partial charge < -0.3 is 10.1 Å². The number of rotatable bonds is 7. The monoisotopic (exact) mass is 416 g/mol. The average molecular weight is 417 g/mol. The second kappa shape index (κ2) is 9.41. The van der Waals surface area contributed by atoms with E-state index in [1.165, 1.54) is 4.31 Å². The molecule has 1 unspecified atom stereocenters. The van der Waals surface area contributed by atoms with Crippen molar-refractivity contribution in [3.8, 4) is 5.75 Å². The molecule has 0 spiro atoms. The van der Waals surface area contributed by atoms with E-state index < -0.39 is 10.0 Å². The SMILES string of the molecule is COc1cccc(CNC(=O)CC2CCCCN2S(=O)(=O)c2ccc(C)cc2)c1. The van der Waals surface area contributed by atoms with Gasteiger partial charge in [-0.05, 0) is 49.6 Å². The molecule has 0 radical (unpaired) electrons. The fraction of sp³-hybridized carbons (Fsp3) is 0.409. The van der Waals surface area contributed by atoms with Gasteiger partial charge in [-0.25, -0.2) is 8.42 Å². The Kier molecular flexibility index (Phi) is 6.92. The number of hydrogen-bond acceptors (Lipinski definition) is 4. The van der Waals surface area contributed by atoms with Crippen molar-refractivity contribution in [1.82, 2.24) is 9.62 Å². The Hall–Kier alpha value is -2.38. The van der Waals surface area contributed by atoms with Crippen LogP contribution in [-0.4, -0.2) is 38.3 Å². The van der Waals surface area contributed by atoms with E-state index in [0.29, 0.717) is 19.5 Å². The molecule has 3 rings (SSSR count). The summed E-state index contributed by atoms with van der Waals surface area (Å²) < 4.78 is 32.9. The van der Waals surface area contributed by atoms with E-state index in [2.05, 4.69) is 5.32 Å². The van der Waals surface area contributed by atoms with Crippen LogP contribution in [0.4, 0.5) is 0 Å². The smallest absolute Gasteiger partial charge is 0.243 e. The first-order chi connectivity index (χ1) is 13.9. The van der Waals surface area contributed by atoms with Gasteiger partial charge in [-0.3, -0.25) is 4.79 Å². The molecule has 7 heteroatoms. The number of nitrogens with zero attached hydrogens (tertiary/aromatic N) is 1. The Labute approximate surface area is 172 Å². The van der Waals surface area contributed by atoms with Crippen LogP contribution in [0.15, 0.2) is 53.4 Å². The molecule has 1 N–H and O–H groups in total. The number of hydrogen-bond donors (Lipinski definition) is 1. The van der Waals surface area contributed by atoms with Crippen molar-refractivity contribution in [3.05, 3.63) is 59.7 Å². The van der Waals surface area contributed by atoms with Gasteiger partial charge in [0.15, 0.2) is 0 Å². The van der Waals surface area contributed by atoms with Gasteiger partial charge in [0, 0.05) is 25.6 Å². The summed E-state index contributed by atoms with van der Waals surface area (Å²) in [6.07, 6.45) is 2.59. The Morgan fingerprint density at radius 3 is 2.66 bits per heavy atom. The second-order valence-corrected chi connectivity index (χ2v) is 9.30. The number of aryl methyl sites for hydroxylation is 1. The molecule has 156 valence electrons. The first-order valence-corrected chi connectivity index (χ1v) is 11.3. The first kappa shape index (κ1) is 21.3. The number of amides is 1. The number of nitrogens with one attached hydrogen (secondary N) is 1. The van der Waals surface area contributed by atoms with Crippen molar-refractivity contribution in [1.29, 1.82) is 0 Å². The van der Waals surface area contributed by atoms with Gasteiger partial charge in [0.25, 0.3) is 0 Å². The zero-order valence-corrected chi connectivity index (χ0v) is 17.7. The van der Waals surface area contributed by atoms with Crippen molar-refractivity contribution in [2.45, 2.75) is 50.1 Å². The van der Waals surface area contributed by atoms with Crippen molar-refractivity contribution >= 4 is 15.9 Å². The highest BCUT2D eigenvalue weighted by atomic mass is 32.2. The Bertz CT molecular complexity index is 942. The molecular formula is C22H28N2O4S. The first-order valence-electron chi connectivity index (χ1n) is 9.88. The van der Waals surface area contributed by atoms with Crippen LogP contribution in [0, 0.1) is 6.92 Å². The van der Waals surface area contributed by atoms with E-state index in [1.54, 1.807) is 31.4 Å². The molecule has 1 fully saturated rings. The predicted molar refractivity (Wildman–Crippen MR) is 112 cm³/mol. The van der Waals surface area contributed by atoms with Crippen molar-refractivity contribution in [2.75, 3.05) is 13.7 Å². The maximum atomic E-state index is 13.1. The van der Waals surface area contributed by atoms with Gasteiger partial charge >= 0.3 is 0 Å². The van der Waals surface area contributed by atoms with Crippen LogP contribution in [0.1, 0.15) is 36.8 Å². The molecule has 0 bridgehead atoms. The molecule has 0 saturated carbocycles. The van der Waals surface area contributed by atoms with Gasteiger partial charge in [0.1, 0.15) is 5.75 Å². The Morgan fingerprint density at radius 2 is 1.93 bits per heavy atom. The normalized spacial score (nSPS) is 17.7. The highest BCUT2D eigenvalue weighted by Crippen LogP contribution is 2.27. The molecule has 29 heavy (non-hydrogen) atoms. The van der Waals surface area contributed by atoms with Crippen LogP contribution in [-0.2, 0) is 21.4 Å². The summed E-state index contributed by atoms with van der Waals surface area (Å²) in [5, 5.41) is 2.90. The highest BCUT2D eigenvalue weighted by molar-refractivity contribution is 7.89. The summed E-state index contributed by atoms with van der Waals surface area (Å²) in [6, 6.07) is 14.1. The summed E-state index contributed by atoms with van der Waals surface area (Å²) in [5.41, 5.74) is 1.95. The third-order valence-electron chi connectivity index (χ3n) is 5.25. The minimum atomic E-state index is -3.61. The Balaban J connectivity index is 1.66.